The lowest BCUT2D eigenvalue weighted by atomic mass is 9.99. The van der Waals surface area contributed by atoms with Crippen LogP contribution in [-0.4, -0.2) is 0 Å². The van der Waals surface area contributed by atoms with Crippen molar-refractivity contribution in [1.82, 2.24) is 0 Å². The van der Waals surface area contributed by atoms with Crippen LogP contribution in [0.4, 0.5) is 5.69 Å². The number of para-hydroxylation sites is 1. The van der Waals surface area contributed by atoms with E-state index >= 15 is 0 Å². The van der Waals surface area contributed by atoms with Crippen molar-refractivity contribution in [3.05, 3.63) is 65.7 Å². The van der Waals surface area contributed by atoms with Crippen LogP contribution < -0.4 is 11.5 Å². The van der Waals surface area contributed by atoms with Crippen molar-refractivity contribution in [1.29, 1.82) is 0 Å². The van der Waals surface area contributed by atoms with Gasteiger partial charge in [0.2, 0.25) is 0 Å². The normalized spacial score (nSPS) is 12.3. The predicted molar refractivity (Wildman–Crippen MR) is 67.9 cm³/mol. The Morgan fingerprint density at radius 2 is 1.50 bits per heavy atom. The van der Waals surface area contributed by atoms with E-state index in [0.717, 1.165) is 23.2 Å². The minimum atomic E-state index is 0.00546. The Balaban J connectivity index is 2.14. The van der Waals surface area contributed by atoms with Gasteiger partial charge in [0, 0.05) is 11.7 Å². The van der Waals surface area contributed by atoms with Gasteiger partial charge in [-0.15, -0.1) is 0 Å². The number of anilines is 1. The number of rotatable bonds is 3. The summed E-state index contributed by atoms with van der Waals surface area (Å²) in [6.07, 6.45) is 0.774. The summed E-state index contributed by atoms with van der Waals surface area (Å²) in [6.45, 7) is 0. The Bertz CT molecular complexity index is 451. The third-order valence-corrected chi connectivity index (χ3v) is 2.72. The van der Waals surface area contributed by atoms with Gasteiger partial charge in [0.25, 0.3) is 0 Å². The molecule has 0 aliphatic rings. The highest BCUT2D eigenvalue weighted by molar-refractivity contribution is 5.47. The van der Waals surface area contributed by atoms with E-state index in [1.54, 1.807) is 0 Å². The SMILES string of the molecule is Nc1ccccc1CC(N)c1ccccc1. The maximum atomic E-state index is 6.14. The lowest BCUT2D eigenvalue weighted by Crippen LogP contribution is -2.14. The molecule has 0 heterocycles. The summed E-state index contributed by atoms with van der Waals surface area (Å²) in [5.74, 6) is 0. The Kier molecular flexibility index (Phi) is 3.22. The summed E-state index contributed by atoms with van der Waals surface area (Å²) < 4.78 is 0. The zero-order valence-electron chi connectivity index (χ0n) is 9.14. The number of nitrogens with two attached hydrogens (primary N) is 2. The molecule has 2 aromatic carbocycles. The van der Waals surface area contributed by atoms with Crippen molar-refractivity contribution in [2.24, 2.45) is 5.73 Å². The Morgan fingerprint density at radius 3 is 2.19 bits per heavy atom. The number of benzene rings is 2. The van der Waals surface area contributed by atoms with Gasteiger partial charge in [0.05, 0.1) is 0 Å². The van der Waals surface area contributed by atoms with E-state index in [-0.39, 0.29) is 6.04 Å². The second-order valence-corrected chi connectivity index (χ2v) is 3.92. The highest BCUT2D eigenvalue weighted by Gasteiger charge is 2.07. The second kappa shape index (κ2) is 4.81. The maximum absolute atomic E-state index is 6.14. The van der Waals surface area contributed by atoms with Crippen LogP contribution in [0.25, 0.3) is 0 Å². The van der Waals surface area contributed by atoms with Crippen LogP contribution in [0.1, 0.15) is 17.2 Å². The molecule has 0 radical (unpaired) electrons. The summed E-state index contributed by atoms with van der Waals surface area (Å²) in [5.41, 5.74) is 15.1. The van der Waals surface area contributed by atoms with E-state index in [1.807, 2.05) is 54.6 Å². The average Bonchev–Trinajstić information content (AvgIpc) is 2.33. The van der Waals surface area contributed by atoms with E-state index in [1.165, 1.54) is 0 Å². The van der Waals surface area contributed by atoms with Crippen LogP contribution >= 0.6 is 0 Å². The van der Waals surface area contributed by atoms with Gasteiger partial charge in [0.15, 0.2) is 0 Å². The summed E-state index contributed by atoms with van der Waals surface area (Å²) in [5, 5.41) is 0. The molecule has 0 amide bonds. The van der Waals surface area contributed by atoms with Gasteiger partial charge >= 0.3 is 0 Å². The fourth-order valence-electron chi connectivity index (χ4n) is 1.78. The first-order valence-corrected chi connectivity index (χ1v) is 5.41. The molecule has 0 aromatic heterocycles. The molecule has 82 valence electrons. The zero-order chi connectivity index (χ0) is 11.4. The molecule has 1 atom stereocenters. The average molecular weight is 212 g/mol. The molecule has 0 aliphatic carbocycles. The lowest BCUT2D eigenvalue weighted by molar-refractivity contribution is 0.723. The Hall–Kier alpha value is -1.80. The molecule has 0 aliphatic heterocycles. The summed E-state index contributed by atoms with van der Waals surface area (Å²) in [4.78, 5) is 0. The third kappa shape index (κ3) is 2.41. The molecule has 4 N–H and O–H groups in total. The lowest BCUT2D eigenvalue weighted by Gasteiger charge is -2.13. The van der Waals surface area contributed by atoms with Crippen LogP contribution in [0.2, 0.25) is 0 Å². The highest BCUT2D eigenvalue weighted by Crippen LogP contribution is 2.19. The van der Waals surface area contributed by atoms with Gasteiger partial charge in [-0.1, -0.05) is 48.5 Å². The van der Waals surface area contributed by atoms with Crippen molar-refractivity contribution in [2.45, 2.75) is 12.5 Å². The molecular formula is C14H16N2. The van der Waals surface area contributed by atoms with Crippen molar-refractivity contribution in [2.75, 3.05) is 5.73 Å². The first-order valence-electron chi connectivity index (χ1n) is 5.41. The second-order valence-electron chi connectivity index (χ2n) is 3.92. The number of hydrogen-bond acceptors (Lipinski definition) is 2. The van der Waals surface area contributed by atoms with Crippen molar-refractivity contribution in [3.8, 4) is 0 Å². The van der Waals surface area contributed by atoms with E-state index < -0.39 is 0 Å². The summed E-state index contributed by atoms with van der Waals surface area (Å²) in [6, 6.07) is 18.0. The monoisotopic (exact) mass is 212 g/mol. The van der Waals surface area contributed by atoms with Crippen LogP contribution in [0.5, 0.6) is 0 Å². The fraction of sp³-hybridized carbons (Fsp3) is 0.143. The van der Waals surface area contributed by atoms with Crippen LogP contribution in [0.3, 0.4) is 0 Å². The molecule has 0 saturated heterocycles. The molecule has 2 heteroatoms. The Morgan fingerprint density at radius 1 is 0.875 bits per heavy atom. The number of nitrogen functional groups attached to an aromatic ring is 1. The maximum Gasteiger partial charge on any atom is 0.0347 e. The standard InChI is InChI=1S/C14H16N2/c15-13-9-5-4-8-12(13)10-14(16)11-6-2-1-3-7-11/h1-9,14H,10,15-16H2. The van der Waals surface area contributed by atoms with Crippen molar-refractivity contribution in [3.63, 3.8) is 0 Å². The van der Waals surface area contributed by atoms with Crippen LogP contribution in [-0.2, 0) is 6.42 Å². The minimum absolute atomic E-state index is 0.00546. The predicted octanol–water partition coefficient (Wildman–Crippen LogP) is 2.51. The molecular weight excluding hydrogens is 196 g/mol. The molecule has 16 heavy (non-hydrogen) atoms. The molecule has 0 saturated carbocycles. The minimum Gasteiger partial charge on any atom is -0.399 e. The van der Waals surface area contributed by atoms with Crippen LogP contribution in [0, 0.1) is 0 Å². The molecule has 0 fully saturated rings. The molecule has 2 aromatic rings. The van der Waals surface area contributed by atoms with Gasteiger partial charge in [0.1, 0.15) is 0 Å². The molecule has 2 rings (SSSR count). The van der Waals surface area contributed by atoms with Gasteiger partial charge in [-0.2, -0.15) is 0 Å². The molecule has 1 unspecified atom stereocenters. The highest BCUT2D eigenvalue weighted by atomic mass is 14.6. The number of hydrogen-bond donors (Lipinski definition) is 2. The van der Waals surface area contributed by atoms with Gasteiger partial charge in [-0.05, 0) is 23.6 Å². The topological polar surface area (TPSA) is 52.0 Å². The molecule has 0 spiro atoms. The van der Waals surface area contributed by atoms with Gasteiger partial charge in [-0.3, -0.25) is 0 Å². The van der Waals surface area contributed by atoms with Crippen LogP contribution in [0.15, 0.2) is 54.6 Å². The zero-order valence-corrected chi connectivity index (χ0v) is 9.14. The molecule has 2 nitrogen and oxygen atoms in total. The van der Waals surface area contributed by atoms with Crippen molar-refractivity contribution >= 4 is 5.69 Å². The van der Waals surface area contributed by atoms with E-state index in [9.17, 15) is 0 Å². The van der Waals surface area contributed by atoms with Crippen molar-refractivity contribution < 1.29 is 0 Å². The first kappa shape index (κ1) is 10.7. The largest absolute Gasteiger partial charge is 0.399 e. The summed E-state index contributed by atoms with van der Waals surface area (Å²) >= 11 is 0. The smallest absolute Gasteiger partial charge is 0.0347 e. The molecule has 0 bridgehead atoms. The van der Waals surface area contributed by atoms with E-state index in [0.29, 0.717) is 0 Å². The van der Waals surface area contributed by atoms with E-state index in [4.69, 9.17) is 11.5 Å². The first-order chi connectivity index (χ1) is 7.77. The third-order valence-electron chi connectivity index (χ3n) is 2.72. The fourth-order valence-corrected chi connectivity index (χ4v) is 1.78. The Labute approximate surface area is 95.9 Å². The summed E-state index contributed by atoms with van der Waals surface area (Å²) in [7, 11) is 0. The van der Waals surface area contributed by atoms with Gasteiger partial charge < -0.3 is 11.5 Å². The quantitative estimate of drug-likeness (QED) is 0.768. The van der Waals surface area contributed by atoms with E-state index in [2.05, 4.69) is 0 Å². The van der Waals surface area contributed by atoms with Gasteiger partial charge in [-0.25, -0.2) is 0 Å².